The molecule has 0 aromatic rings. The minimum Gasteiger partial charge on any atom is -0.556 e. The summed E-state index contributed by atoms with van der Waals surface area (Å²) >= 11 is 0. The van der Waals surface area contributed by atoms with Crippen molar-refractivity contribution in [3.8, 4) is 0 Å². The smallest absolute Gasteiger partial charge is 0.335 e. The second-order valence-electron chi connectivity index (χ2n) is 2.63. The molecule has 0 aromatic heterocycles. The summed E-state index contributed by atoms with van der Waals surface area (Å²) in [5.74, 6) is -0.325. The highest BCUT2D eigenvalue weighted by Gasteiger charge is 2.15. The fraction of sp³-hybridized carbons (Fsp3) is 0.571. The Hall–Kier alpha value is -0.773. The van der Waals surface area contributed by atoms with Gasteiger partial charge in [-0.2, -0.15) is 0 Å². The number of allylic oxidation sites excluding steroid dienone is 1. The Bertz CT molecular complexity index is 184. The molecule has 0 heterocycles. The first-order chi connectivity index (χ1) is 5.00. The van der Waals surface area contributed by atoms with E-state index in [1.165, 1.54) is 0 Å². The molecule has 0 saturated carbocycles. The van der Waals surface area contributed by atoms with Crippen molar-refractivity contribution in [3.05, 3.63) is 11.3 Å². The predicted molar refractivity (Wildman–Crippen MR) is 46.2 cm³/mol. The Balaban J connectivity index is 4.73. The van der Waals surface area contributed by atoms with E-state index >= 15 is 0 Å². The van der Waals surface area contributed by atoms with Crippen LogP contribution in [0.15, 0.2) is 11.3 Å². The molecule has 1 N–H and O–H groups in total. The summed E-state index contributed by atoms with van der Waals surface area (Å²) in [6, 6.07) is 0. The average molecular weight is 174 g/mol. The maximum Gasteiger partial charge on any atom is 0.335 e. The van der Waals surface area contributed by atoms with Crippen molar-refractivity contribution in [2.24, 2.45) is 5.92 Å². The third-order valence-electron chi connectivity index (χ3n) is 1.49. The van der Waals surface area contributed by atoms with Crippen LogP contribution in [0.2, 0.25) is 0 Å². The van der Waals surface area contributed by atoms with Gasteiger partial charge in [0.1, 0.15) is 0 Å². The second kappa shape index (κ2) is 4.18. The summed E-state index contributed by atoms with van der Waals surface area (Å²) in [7, 11) is 0.541. The Morgan fingerprint density at radius 3 is 2.09 bits per heavy atom. The van der Waals surface area contributed by atoms with E-state index in [0.717, 1.165) is 0 Å². The molecular formula is C7H14O3Si. The summed E-state index contributed by atoms with van der Waals surface area (Å²) in [5.41, 5.74) is 0.375. The lowest BCUT2D eigenvalue weighted by atomic mass is 10.0. The normalized spacial score (nSPS) is 13.1. The van der Waals surface area contributed by atoms with Gasteiger partial charge in [0.25, 0.3) is 0 Å². The molecule has 0 fully saturated rings. The van der Waals surface area contributed by atoms with Crippen LogP contribution in [0.4, 0.5) is 0 Å². The first-order valence-electron chi connectivity index (χ1n) is 3.48. The summed E-state index contributed by atoms with van der Waals surface area (Å²) in [6.45, 7) is 5.37. The van der Waals surface area contributed by atoms with Crippen LogP contribution in [0.25, 0.3) is 0 Å². The summed E-state index contributed by atoms with van der Waals surface area (Å²) in [4.78, 5) is 10.6. The van der Waals surface area contributed by atoms with Crippen LogP contribution >= 0.6 is 0 Å². The van der Waals surface area contributed by atoms with Gasteiger partial charge in [-0.05, 0) is 12.8 Å². The molecule has 0 unspecified atom stereocenters. The molecule has 0 bridgehead atoms. The molecule has 11 heavy (non-hydrogen) atoms. The summed E-state index contributed by atoms with van der Waals surface area (Å²) in [5, 5.41) is 8.72. The van der Waals surface area contributed by atoms with E-state index in [1.807, 2.05) is 13.8 Å². The topological polar surface area (TPSA) is 46.5 Å². The van der Waals surface area contributed by atoms with E-state index in [1.54, 1.807) is 6.92 Å². The molecule has 0 amide bonds. The molecule has 0 aliphatic carbocycles. The van der Waals surface area contributed by atoms with Gasteiger partial charge in [0, 0.05) is 0 Å². The van der Waals surface area contributed by atoms with E-state index in [0.29, 0.717) is 21.8 Å². The van der Waals surface area contributed by atoms with E-state index in [4.69, 9.17) is 9.53 Å². The van der Waals surface area contributed by atoms with Gasteiger partial charge >= 0.3 is 5.97 Å². The summed E-state index contributed by atoms with van der Waals surface area (Å²) < 4.78 is 4.97. The fourth-order valence-electron chi connectivity index (χ4n) is 0.914. The van der Waals surface area contributed by atoms with Gasteiger partial charge in [0.05, 0.1) is 11.3 Å². The van der Waals surface area contributed by atoms with Crippen LogP contribution in [0.3, 0.4) is 0 Å². The lowest BCUT2D eigenvalue weighted by Gasteiger charge is -2.10. The van der Waals surface area contributed by atoms with Gasteiger partial charge in [-0.15, -0.1) is 0 Å². The minimum atomic E-state index is -0.881. The van der Waals surface area contributed by atoms with Crippen LogP contribution < -0.4 is 0 Å². The van der Waals surface area contributed by atoms with E-state index < -0.39 is 5.97 Å². The van der Waals surface area contributed by atoms with Crippen molar-refractivity contribution in [2.75, 3.05) is 0 Å². The van der Waals surface area contributed by atoms with Crippen LogP contribution in [0.5, 0.6) is 0 Å². The van der Waals surface area contributed by atoms with Gasteiger partial charge < -0.3 is 9.53 Å². The predicted octanol–water partition coefficient (Wildman–Crippen LogP) is 0.298. The van der Waals surface area contributed by atoms with Gasteiger partial charge in [0.15, 0.2) is 0 Å². The number of hydrogen-bond acceptors (Lipinski definition) is 2. The molecule has 64 valence electrons. The van der Waals surface area contributed by atoms with Crippen molar-refractivity contribution in [3.63, 3.8) is 0 Å². The molecular weight excluding hydrogens is 160 g/mol. The van der Waals surface area contributed by atoms with Crippen molar-refractivity contribution >= 4 is 16.5 Å². The zero-order valence-electron chi connectivity index (χ0n) is 7.34. The number of rotatable bonds is 3. The Kier molecular flexibility index (Phi) is 3.88. The summed E-state index contributed by atoms with van der Waals surface area (Å²) in [6.07, 6.45) is 0. The van der Waals surface area contributed by atoms with Crippen LogP contribution in [-0.4, -0.2) is 21.6 Å². The number of carbonyl (C=O) groups is 1. The zero-order valence-corrected chi connectivity index (χ0v) is 9.34. The van der Waals surface area contributed by atoms with E-state index in [2.05, 4.69) is 0 Å². The maximum atomic E-state index is 10.6. The lowest BCUT2D eigenvalue weighted by molar-refractivity contribution is -0.133. The molecule has 0 rings (SSSR count). The molecule has 0 spiro atoms. The highest BCUT2D eigenvalue weighted by molar-refractivity contribution is 5.99. The maximum absolute atomic E-state index is 10.6. The van der Waals surface area contributed by atoms with Gasteiger partial charge in [-0.3, -0.25) is 0 Å². The third kappa shape index (κ3) is 2.75. The number of carboxylic acid groups (broad SMARTS) is 1. The molecule has 0 aromatic carbocycles. The van der Waals surface area contributed by atoms with Crippen molar-refractivity contribution in [1.82, 2.24) is 0 Å². The quantitative estimate of drug-likeness (QED) is 0.380. The molecule has 0 radical (unpaired) electrons. The van der Waals surface area contributed by atoms with Gasteiger partial charge in [-0.25, -0.2) is 4.79 Å². The van der Waals surface area contributed by atoms with Crippen molar-refractivity contribution in [1.29, 1.82) is 0 Å². The lowest BCUT2D eigenvalue weighted by Crippen LogP contribution is -2.10. The Morgan fingerprint density at radius 2 is 2.00 bits per heavy atom. The standard InChI is InChI=1S/C7H14O3Si/c1-4(2)6(7(8)9)5(3)10-11/h4H,1-3,11H3,(H,8,9). The van der Waals surface area contributed by atoms with Crippen molar-refractivity contribution < 1.29 is 14.3 Å². The Morgan fingerprint density at radius 1 is 1.55 bits per heavy atom. The van der Waals surface area contributed by atoms with E-state index in [-0.39, 0.29) is 5.92 Å². The van der Waals surface area contributed by atoms with Crippen molar-refractivity contribution in [2.45, 2.75) is 20.8 Å². The number of hydrogen-bond donors (Lipinski definition) is 1. The van der Waals surface area contributed by atoms with Crippen LogP contribution in [0.1, 0.15) is 20.8 Å². The van der Waals surface area contributed by atoms with Crippen LogP contribution in [0, 0.1) is 5.92 Å². The van der Waals surface area contributed by atoms with Gasteiger partial charge in [-0.1, -0.05) is 13.8 Å². The largest absolute Gasteiger partial charge is 0.556 e. The number of carboxylic acids is 1. The first-order valence-corrected chi connectivity index (χ1v) is 4.30. The van der Waals surface area contributed by atoms with Gasteiger partial charge in [0.2, 0.25) is 10.5 Å². The molecule has 0 aliphatic heterocycles. The Labute approximate surface area is 69.6 Å². The zero-order chi connectivity index (χ0) is 9.02. The van der Waals surface area contributed by atoms with Crippen LogP contribution in [-0.2, 0) is 9.22 Å². The minimum absolute atomic E-state index is 0.0152. The molecule has 0 aliphatic rings. The molecule has 0 atom stereocenters. The third-order valence-corrected chi connectivity index (χ3v) is 2.11. The fourth-order valence-corrected chi connectivity index (χ4v) is 1.13. The molecule has 4 heteroatoms. The highest BCUT2D eigenvalue weighted by Crippen LogP contribution is 2.14. The highest BCUT2D eigenvalue weighted by atomic mass is 28.2. The SMILES string of the molecule is CC(O[SiH3])=C(C(=O)O)C(C)C. The average Bonchev–Trinajstić information content (AvgIpc) is 1.85. The second-order valence-corrected chi connectivity index (χ2v) is 3.04. The monoisotopic (exact) mass is 174 g/mol. The number of aliphatic carboxylic acids is 1. The first kappa shape index (κ1) is 10.2. The molecule has 0 saturated heterocycles. The molecule has 3 nitrogen and oxygen atoms in total. The van der Waals surface area contributed by atoms with E-state index in [9.17, 15) is 4.79 Å².